The number of carbonyl (C=O) groups is 1. The molecule has 0 bridgehead atoms. The van der Waals surface area contributed by atoms with Gasteiger partial charge in [-0.3, -0.25) is 9.10 Å². The lowest BCUT2D eigenvalue weighted by atomic mass is 10.2. The van der Waals surface area contributed by atoms with E-state index in [1.54, 1.807) is 12.1 Å². The molecule has 0 radical (unpaired) electrons. The van der Waals surface area contributed by atoms with Gasteiger partial charge < -0.3 is 4.57 Å². The maximum atomic E-state index is 14.7. The van der Waals surface area contributed by atoms with Gasteiger partial charge in [0.25, 0.3) is 15.9 Å². The molecule has 0 atom stereocenters. The van der Waals surface area contributed by atoms with Crippen LogP contribution in [0.1, 0.15) is 22.5 Å². The normalized spacial score (nSPS) is 11.6. The number of sulfonamides is 1. The predicted molar refractivity (Wildman–Crippen MR) is 151 cm³/mol. The molecule has 0 aliphatic rings. The van der Waals surface area contributed by atoms with Crippen molar-refractivity contribution in [2.24, 2.45) is 5.10 Å². The molecule has 1 N–H and O–H groups in total. The van der Waals surface area contributed by atoms with E-state index in [-0.39, 0.29) is 10.6 Å². The summed E-state index contributed by atoms with van der Waals surface area (Å²) < 4.78 is 45.2. The number of aryl methyl sites for hydroxylation is 2. The van der Waals surface area contributed by atoms with E-state index in [9.17, 15) is 17.6 Å². The van der Waals surface area contributed by atoms with Crippen molar-refractivity contribution in [1.82, 2.24) is 9.99 Å². The van der Waals surface area contributed by atoms with Crippen LogP contribution in [0, 0.1) is 26.6 Å². The number of hydrazone groups is 1. The van der Waals surface area contributed by atoms with Crippen molar-refractivity contribution in [2.45, 2.75) is 25.7 Å². The van der Waals surface area contributed by atoms with Crippen LogP contribution in [-0.2, 0) is 14.8 Å². The summed E-state index contributed by atoms with van der Waals surface area (Å²) in [4.78, 5) is 12.8. The number of hydrogen-bond donors (Lipinski definition) is 1. The minimum absolute atomic E-state index is 0.0531. The molecular formula is C28H26BrFN4O3S. The molecule has 1 heterocycles. The topological polar surface area (TPSA) is 83.8 Å². The molecule has 7 nitrogen and oxygen atoms in total. The molecule has 0 saturated heterocycles. The summed E-state index contributed by atoms with van der Waals surface area (Å²) in [5.41, 5.74) is 6.65. The van der Waals surface area contributed by atoms with Crippen molar-refractivity contribution < 1.29 is 17.6 Å². The Morgan fingerprint density at radius 3 is 2.42 bits per heavy atom. The molecule has 196 valence electrons. The smallest absolute Gasteiger partial charge is 0.264 e. The molecular weight excluding hydrogens is 571 g/mol. The molecule has 3 aromatic carbocycles. The highest BCUT2D eigenvalue weighted by atomic mass is 79.9. The number of rotatable bonds is 8. The second-order valence-electron chi connectivity index (χ2n) is 8.71. The Hall–Kier alpha value is -3.76. The quantitative estimate of drug-likeness (QED) is 0.211. The van der Waals surface area contributed by atoms with E-state index < -0.39 is 28.3 Å². The molecule has 0 saturated carbocycles. The third kappa shape index (κ3) is 5.87. The standard InChI is InChI=1S/C28H26BrFN4O3S/c1-19-11-13-25(14-12-19)38(36,37)33(27-10-5-4-9-26(27)30)18-28(35)32-31-17-22-15-20(2)34(21(22)3)24-8-6-7-23(29)16-24/h4-17H,18H2,1-3H3,(H,32,35)/b31-17-. The molecule has 0 spiro atoms. The van der Waals surface area contributed by atoms with E-state index in [1.807, 2.05) is 51.1 Å². The van der Waals surface area contributed by atoms with Gasteiger partial charge in [-0.2, -0.15) is 5.10 Å². The third-order valence-corrected chi connectivity index (χ3v) is 8.21. The highest BCUT2D eigenvalue weighted by Gasteiger charge is 2.29. The summed E-state index contributed by atoms with van der Waals surface area (Å²) in [5, 5.41) is 4.04. The maximum Gasteiger partial charge on any atom is 0.264 e. The van der Waals surface area contributed by atoms with Crippen molar-refractivity contribution >= 4 is 43.8 Å². The number of aromatic nitrogens is 1. The van der Waals surface area contributed by atoms with Gasteiger partial charge in [0.1, 0.15) is 12.4 Å². The number of hydrogen-bond acceptors (Lipinski definition) is 4. The number of para-hydroxylation sites is 1. The molecule has 1 amide bonds. The third-order valence-electron chi connectivity index (χ3n) is 5.95. The van der Waals surface area contributed by atoms with Gasteiger partial charge >= 0.3 is 0 Å². The summed E-state index contributed by atoms with van der Waals surface area (Å²) in [7, 11) is -4.24. The number of nitrogens with one attached hydrogen (secondary N) is 1. The fourth-order valence-electron chi connectivity index (χ4n) is 4.06. The van der Waals surface area contributed by atoms with Gasteiger partial charge in [0.05, 0.1) is 16.8 Å². The lowest BCUT2D eigenvalue weighted by Crippen LogP contribution is -2.40. The van der Waals surface area contributed by atoms with Crippen LogP contribution >= 0.6 is 15.9 Å². The zero-order valence-electron chi connectivity index (χ0n) is 21.0. The van der Waals surface area contributed by atoms with Gasteiger partial charge in [-0.25, -0.2) is 18.2 Å². The van der Waals surface area contributed by atoms with Crippen molar-refractivity contribution in [3.05, 3.63) is 112 Å². The van der Waals surface area contributed by atoms with Crippen LogP contribution in [0.5, 0.6) is 0 Å². The van der Waals surface area contributed by atoms with E-state index in [1.165, 1.54) is 36.5 Å². The fraction of sp³-hybridized carbons (Fsp3) is 0.143. The number of nitrogens with zero attached hydrogens (tertiary/aromatic N) is 3. The SMILES string of the molecule is Cc1ccc(S(=O)(=O)N(CC(=O)N/N=C\c2cc(C)n(-c3cccc(Br)c3)c2C)c2ccccc2F)cc1. The lowest BCUT2D eigenvalue weighted by molar-refractivity contribution is -0.119. The molecule has 4 rings (SSSR count). The summed E-state index contributed by atoms with van der Waals surface area (Å²) in [6.45, 7) is 5.06. The summed E-state index contributed by atoms with van der Waals surface area (Å²) >= 11 is 3.49. The average Bonchev–Trinajstić information content (AvgIpc) is 3.16. The van der Waals surface area contributed by atoms with E-state index >= 15 is 0 Å². The van der Waals surface area contributed by atoms with Crippen molar-refractivity contribution in [2.75, 3.05) is 10.8 Å². The molecule has 10 heteroatoms. The predicted octanol–water partition coefficient (Wildman–Crippen LogP) is 5.65. The van der Waals surface area contributed by atoms with E-state index in [0.717, 1.165) is 43.0 Å². The minimum atomic E-state index is -4.24. The van der Waals surface area contributed by atoms with Gasteiger partial charge in [0.2, 0.25) is 0 Å². The van der Waals surface area contributed by atoms with Crippen molar-refractivity contribution in [3.63, 3.8) is 0 Å². The zero-order chi connectivity index (χ0) is 27.4. The van der Waals surface area contributed by atoms with E-state index in [4.69, 9.17) is 0 Å². The van der Waals surface area contributed by atoms with Gasteiger partial charge in [-0.1, -0.05) is 51.8 Å². The van der Waals surface area contributed by atoms with Crippen LogP contribution in [0.3, 0.4) is 0 Å². The van der Waals surface area contributed by atoms with Crippen molar-refractivity contribution in [1.29, 1.82) is 0 Å². The van der Waals surface area contributed by atoms with Crippen LogP contribution in [0.2, 0.25) is 0 Å². The van der Waals surface area contributed by atoms with Crippen LogP contribution in [-0.4, -0.2) is 31.7 Å². The number of benzene rings is 3. The highest BCUT2D eigenvalue weighted by molar-refractivity contribution is 9.10. The van der Waals surface area contributed by atoms with E-state index in [2.05, 4.69) is 31.0 Å². The van der Waals surface area contributed by atoms with E-state index in [0.29, 0.717) is 0 Å². The fourth-order valence-corrected chi connectivity index (χ4v) is 5.88. The largest absolute Gasteiger partial charge is 0.318 e. The molecule has 0 fully saturated rings. The molecule has 38 heavy (non-hydrogen) atoms. The first-order valence-electron chi connectivity index (χ1n) is 11.7. The van der Waals surface area contributed by atoms with Crippen LogP contribution in [0.15, 0.2) is 93.3 Å². The summed E-state index contributed by atoms with van der Waals surface area (Å²) in [5.74, 6) is -1.49. The Labute approximate surface area is 229 Å². The Morgan fingerprint density at radius 1 is 1.03 bits per heavy atom. The second kappa shape index (κ2) is 11.3. The first-order chi connectivity index (χ1) is 18.1. The maximum absolute atomic E-state index is 14.7. The number of halogens is 2. The Balaban J connectivity index is 1.56. The Bertz CT molecular complexity index is 1620. The number of carbonyl (C=O) groups excluding carboxylic acids is 1. The van der Waals surface area contributed by atoms with Gasteiger partial charge in [-0.15, -0.1) is 0 Å². The number of anilines is 1. The first kappa shape index (κ1) is 27.3. The second-order valence-corrected chi connectivity index (χ2v) is 11.5. The monoisotopic (exact) mass is 596 g/mol. The van der Waals surface area contributed by atoms with Crippen LogP contribution < -0.4 is 9.73 Å². The molecule has 0 aliphatic heterocycles. The Morgan fingerprint density at radius 2 is 1.74 bits per heavy atom. The van der Waals surface area contributed by atoms with Gasteiger partial charge in [0.15, 0.2) is 0 Å². The Kier molecular flexibility index (Phi) is 8.13. The number of amides is 1. The van der Waals surface area contributed by atoms with Crippen LogP contribution in [0.4, 0.5) is 10.1 Å². The minimum Gasteiger partial charge on any atom is -0.318 e. The van der Waals surface area contributed by atoms with Crippen molar-refractivity contribution in [3.8, 4) is 5.69 Å². The lowest BCUT2D eigenvalue weighted by Gasteiger charge is -2.24. The molecule has 0 aliphatic carbocycles. The molecule has 1 aromatic heterocycles. The van der Waals surface area contributed by atoms with Crippen LogP contribution in [0.25, 0.3) is 5.69 Å². The molecule has 0 unspecified atom stereocenters. The summed E-state index contributed by atoms with van der Waals surface area (Å²) in [6.07, 6.45) is 1.50. The van der Waals surface area contributed by atoms with Gasteiger partial charge in [0, 0.05) is 27.1 Å². The zero-order valence-corrected chi connectivity index (χ0v) is 23.4. The van der Waals surface area contributed by atoms with Gasteiger partial charge in [-0.05, 0) is 69.3 Å². The molecule has 4 aromatic rings. The first-order valence-corrected chi connectivity index (χ1v) is 13.9. The average molecular weight is 598 g/mol. The highest BCUT2D eigenvalue weighted by Crippen LogP contribution is 2.26. The summed E-state index contributed by atoms with van der Waals surface area (Å²) in [6, 6.07) is 21.3.